The predicted octanol–water partition coefficient (Wildman–Crippen LogP) is 1.98. The maximum absolute atomic E-state index is 13.4. The number of nitrogens with zero attached hydrogens (tertiary/aromatic N) is 5. The molecule has 27 heavy (non-hydrogen) atoms. The molecule has 1 aromatic carbocycles. The van der Waals surface area contributed by atoms with Crippen LogP contribution < -0.4 is 0 Å². The number of morpholine rings is 1. The van der Waals surface area contributed by atoms with Gasteiger partial charge in [-0.05, 0) is 37.8 Å². The molecule has 0 radical (unpaired) electrons. The highest BCUT2D eigenvalue weighted by atomic mass is 16.5. The van der Waals surface area contributed by atoms with Gasteiger partial charge in [0.05, 0.1) is 24.5 Å². The van der Waals surface area contributed by atoms with Gasteiger partial charge in [0, 0.05) is 32.2 Å². The predicted molar refractivity (Wildman–Crippen MR) is 102 cm³/mol. The van der Waals surface area contributed by atoms with Gasteiger partial charge in [0.15, 0.2) is 0 Å². The number of amides is 1. The summed E-state index contributed by atoms with van der Waals surface area (Å²) < 4.78 is 7.24. The van der Waals surface area contributed by atoms with E-state index in [1.807, 2.05) is 24.3 Å². The van der Waals surface area contributed by atoms with Gasteiger partial charge >= 0.3 is 0 Å². The van der Waals surface area contributed by atoms with Crippen LogP contribution in [0.1, 0.15) is 36.0 Å². The zero-order valence-corrected chi connectivity index (χ0v) is 15.7. The summed E-state index contributed by atoms with van der Waals surface area (Å²) in [4.78, 5) is 18.0. The van der Waals surface area contributed by atoms with Crippen molar-refractivity contribution in [1.82, 2.24) is 24.6 Å². The normalized spacial score (nSPS) is 21.3. The van der Waals surface area contributed by atoms with Crippen LogP contribution in [-0.2, 0) is 4.74 Å². The molecule has 0 bridgehead atoms. The summed E-state index contributed by atoms with van der Waals surface area (Å²) in [6.45, 7) is 5.50. The number of para-hydroxylation sites is 1. The summed E-state index contributed by atoms with van der Waals surface area (Å²) in [6, 6.07) is 8.03. The number of hydrogen-bond acceptors (Lipinski definition) is 5. The molecular weight excluding hydrogens is 342 g/mol. The van der Waals surface area contributed by atoms with Crippen molar-refractivity contribution in [3.05, 3.63) is 42.5 Å². The fraction of sp³-hybridized carbons (Fsp3) is 0.550. The van der Waals surface area contributed by atoms with Gasteiger partial charge in [-0.1, -0.05) is 12.1 Å². The Morgan fingerprint density at radius 3 is 2.67 bits per heavy atom. The quantitative estimate of drug-likeness (QED) is 0.806. The molecule has 1 atom stereocenters. The van der Waals surface area contributed by atoms with Crippen LogP contribution in [0, 0.1) is 0 Å². The summed E-state index contributed by atoms with van der Waals surface area (Å²) in [5, 5.41) is 7.76. The van der Waals surface area contributed by atoms with Crippen molar-refractivity contribution in [1.29, 1.82) is 0 Å². The maximum Gasteiger partial charge on any atom is 0.256 e. The molecule has 2 saturated heterocycles. The lowest BCUT2D eigenvalue weighted by Gasteiger charge is -2.38. The van der Waals surface area contributed by atoms with Crippen molar-refractivity contribution in [2.24, 2.45) is 0 Å². The van der Waals surface area contributed by atoms with E-state index in [9.17, 15) is 4.79 Å². The van der Waals surface area contributed by atoms with Crippen LogP contribution in [-0.4, -0.2) is 75.9 Å². The van der Waals surface area contributed by atoms with E-state index in [-0.39, 0.29) is 5.91 Å². The zero-order chi connectivity index (χ0) is 18.5. The van der Waals surface area contributed by atoms with Crippen LogP contribution in [0.25, 0.3) is 5.69 Å². The van der Waals surface area contributed by atoms with Gasteiger partial charge in [-0.25, -0.2) is 0 Å². The SMILES string of the molecule is O=C(c1ccccc1-n1cnnc1)N1CCCC[C@@H]1CCN1CCOCC1. The molecule has 4 rings (SSSR count). The number of carbonyl (C=O) groups excluding carboxylic acids is 1. The molecular formula is C20H27N5O2. The number of ether oxygens (including phenoxy) is 1. The van der Waals surface area contributed by atoms with E-state index in [0.717, 1.165) is 69.9 Å². The van der Waals surface area contributed by atoms with E-state index in [0.29, 0.717) is 6.04 Å². The molecule has 2 aliphatic heterocycles. The van der Waals surface area contributed by atoms with E-state index < -0.39 is 0 Å². The van der Waals surface area contributed by atoms with Crippen molar-refractivity contribution >= 4 is 5.91 Å². The van der Waals surface area contributed by atoms with Crippen molar-refractivity contribution in [2.45, 2.75) is 31.7 Å². The van der Waals surface area contributed by atoms with Crippen LogP contribution in [0.15, 0.2) is 36.9 Å². The molecule has 0 spiro atoms. The fourth-order valence-corrected chi connectivity index (χ4v) is 4.08. The van der Waals surface area contributed by atoms with Crippen LogP contribution in [0.2, 0.25) is 0 Å². The Morgan fingerprint density at radius 1 is 1.07 bits per heavy atom. The molecule has 1 aromatic heterocycles. The average Bonchev–Trinajstić information content (AvgIpc) is 3.27. The molecule has 7 nitrogen and oxygen atoms in total. The molecule has 3 heterocycles. The molecule has 2 aromatic rings. The first kappa shape index (κ1) is 18.1. The number of hydrogen-bond donors (Lipinski definition) is 0. The molecule has 144 valence electrons. The zero-order valence-electron chi connectivity index (χ0n) is 15.7. The second-order valence-corrected chi connectivity index (χ2v) is 7.28. The number of benzene rings is 1. The first-order chi connectivity index (χ1) is 13.3. The minimum atomic E-state index is 0.117. The lowest BCUT2D eigenvalue weighted by molar-refractivity contribution is 0.0295. The standard InChI is InChI=1S/C20H27N5O2/c26-20(18-6-1-2-7-19(18)24-15-21-22-16-24)25-9-4-3-5-17(25)8-10-23-11-13-27-14-12-23/h1-2,6-7,15-17H,3-5,8-14H2/t17-/m1/s1. The Morgan fingerprint density at radius 2 is 1.85 bits per heavy atom. The number of aromatic nitrogens is 3. The average molecular weight is 369 g/mol. The van der Waals surface area contributed by atoms with Gasteiger partial charge in [0.25, 0.3) is 5.91 Å². The van der Waals surface area contributed by atoms with Crippen LogP contribution in [0.5, 0.6) is 0 Å². The highest BCUT2D eigenvalue weighted by molar-refractivity contribution is 5.98. The molecule has 7 heteroatoms. The monoisotopic (exact) mass is 369 g/mol. The Balaban J connectivity index is 1.49. The van der Waals surface area contributed by atoms with Gasteiger partial charge in [0.1, 0.15) is 12.7 Å². The lowest BCUT2D eigenvalue weighted by atomic mass is 9.97. The summed E-state index contributed by atoms with van der Waals surface area (Å²) in [5.41, 5.74) is 1.56. The van der Waals surface area contributed by atoms with E-state index in [4.69, 9.17) is 4.74 Å². The fourth-order valence-electron chi connectivity index (χ4n) is 4.08. The van der Waals surface area contributed by atoms with Crippen molar-refractivity contribution in [3.63, 3.8) is 0 Å². The number of carbonyl (C=O) groups is 1. The molecule has 2 aliphatic rings. The minimum Gasteiger partial charge on any atom is -0.379 e. The Labute approximate surface area is 159 Å². The van der Waals surface area contributed by atoms with E-state index in [2.05, 4.69) is 20.0 Å². The molecule has 2 fully saturated rings. The molecule has 0 unspecified atom stereocenters. The summed E-state index contributed by atoms with van der Waals surface area (Å²) in [6.07, 6.45) is 7.67. The molecule has 0 aliphatic carbocycles. The van der Waals surface area contributed by atoms with E-state index >= 15 is 0 Å². The lowest BCUT2D eigenvalue weighted by Crippen LogP contribution is -2.46. The van der Waals surface area contributed by atoms with Gasteiger partial charge in [0.2, 0.25) is 0 Å². The summed E-state index contributed by atoms with van der Waals surface area (Å²) >= 11 is 0. The highest BCUT2D eigenvalue weighted by Crippen LogP contribution is 2.25. The van der Waals surface area contributed by atoms with Gasteiger partial charge in [-0.3, -0.25) is 14.3 Å². The summed E-state index contributed by atoms with van der Waals surface area (Å²) in [5.74, 6) is 0.117. The second-order valence-electron chi connectivity index (χ2n) is 7.28. The van der Waals surface area contributed by atoms with E-state index in [1.54, 1.807) is 17.2 Å². The highest BCUT2D eigenvalue weighted by Gasteiger charge is 2.29. The number of rotatable bonds is 5. The topological polar surface area (TPSA) is 63.5 Å². The van der Waals surface area contributed by atoms with Crippen molar-refractivity contribution < 1.29 is 9.53 Å². The maximum atomic E-state index is 13.4. The van der Waals surface area contributed by atoms with Crippen LogP contribution in [0.4, 0.5) is 0 Å². The Hall–Kier alpha value is -2.25. The van der Waals surface area contributed by atoms with Gasteiger partial charge in [-0.2, -0.15) is 0 Å². The smallest absolute Gasteiger partial charge is 0.256 e. The van der Waals surface area contributed by atoms with Crippen molar-refractivity contribution in [2.75, 3.05) is 39.4 Å². The van der Waals surface area contributed by atoms with Gasteiger partial charge < -0.3 is 9.64 Å². The Kier molecular flexibility index (Phi) is 5.79. The first-order valence-corrected chi connectivity index (χ1v) is 9.88. The first-order valence-electron chi connectivity index (χ1n) is 9.88. The molecule has 0 N–H and O–H groups in total. The van der Waals surface area contributed by atoms with E-state index in [1.165, 1.54) is 6.42 Å². The second kappa shape index (κ2) is 8.63. The summed E-state index contributed by atoms with van der Waals surface area (Å²) in [7, 11) is 0. The number of likely N-dealkylation sites (tertiary alicyclic amines) is 1. The largest absolute Gasteiger partial charge is 0.379 e. The van der Waals surface area contributed by atoms with Gasteiger partial charge in [-0.15, -0.1) is 10.2 Å². The molecule has 0 saturated carbocycles. The molecule has 1 amide bonds. The van der Waals surface area contributed by atoms with Crippen molar-refractivity contribution in [3.8, 4) is 5.69 Å². The number of piperidine rings is 1. The van der Waals surface area contributed by atoms with Crippen LogP contribution in [0.3, 0.4) is 0 Å². The van der Waals surface area contributed by atoms with Crippen LogP contribution >= 0.6 is 0 Å². The minimum absolute atomic E-state index is 0.117. The third-order valence-electron chi connectivity index (χ3n) is 5.60. The third-order valence-corrected chi connectivity index (χ3v) is 5.60. The Bertz CT molecular complexity index is 743. The third kappa shape index (κ3) is 4.20.